The van der Waals surface area contributed by atoms with E-state index in [-0.39, 0.29) is 0 Å². The Balaban J connectivity index is 1.98. The number of aryl methyl sites for hydroxylation is 1. The molecule has 0 amide bonds. The molecule has 0 atom stereocenters. The predicted octanol–water partition coefficient (Wildman–Crippen LogP) is 1.89. The molecule has 0 radical (unpaired) electrons. The van der Waals surface area contributed by atoms with Crippen molar-refractivity contribution in [1.29, 1.82) is 5.26 Å². The van der Waals surface area contributed by atoms with E-state index in [1.807, 2.05) is 17.0 Å². The number of hydrogen-bond donors (Lipinski definition) is 0. The van der Waals surface area contributed by atoms with Gasteiger partial charge < -0.3 is 8.83 Å². The molecule has 2 rings (SSSR count). The summed E-state index contributed by atoms with van der Waals surface area (Å²) in [7, 11) is 0. The first-order chi connectivity index (χ1) is 8.78. The van der Waals surface area contributed by atoms with Crippen molar-refractivity contribution in [2.24, 2.45) is 0 Å². The largest absolute Gasteiger partial charge is 0.468 e. The normalized spacial score (nSPS) is 10.7. The fraction of sp³-hybridized carbons (Fsp3) is 0.417. The second-order valence-corrected chi connectivity index (χ2v) is 3.91. The molecule has 0 saturated heterocycles. The predicted molar refractivity (Wildman–Crippen MR) is 62.1 cm³/mol. The number of aromatic nitrogens is 2. The minimum Gasteiger partial charge on any atom is -0.468 e. The SMILES string of the molecule is Cc1nnc(CN(CCC#N)Cc2ccco2)o1. The standard InChI is InChI=1S/C12H14N4O2/c1-10-14-15-12(18-10)9-16(6-3-5-13)8-11-4-2-7-17-11/h2,4,7H,3,6,8-9H2,1H3. The average Bonchev–Trinajstić information content (AvgIpc) is 2.98. The highest BCUT2D eigenvalue weighted by Crippen LogP contribution is 2.10. The highest BCUT2D eigenvalue weighted by atomic mass is 16.4. The van der Waals surface area contributed by atoms with Gasteiger partial charge in [-0.15, -0.1) is 10.2 Å². The monoisotopic (exact) mass is 246 g/mol. The molecule has 0 aliphatic carbocycles. The summed E-state index contributed by atoms with van der Waals surface area (Å²) < 4.78 is 10.6. The summed E-state index contributed by atoms with van der Waals surface area (Å²) in [4.78, 5) is 2.04. The number of rotatable bonds is 6. The van der Waals surface area contributed by atoms with Crippen LogP contribution in [0.15, 0.2) is 27.2 Å². The van der Waals surface area contributed by atoms with Gasteiger partial charge in [0.25, 0.3) is 0 Å². The van der Waals surface area contributed by atoms with E-state index in [4.69, 9.17) is 14.1 Å². The lowest BCUT2D eigenvalue weighted by atomic mass is 10.3. The molecular formula is C12H14N4O2. The Labute approximate surface area is 105 Å². The van der Waals surface area contributed by atoms with Crippen LogP contribution >= 0.6 is 0 Å². The smallest absolute Gasteiger partial charge is 0.230 e. The van der Waals surface area contributed by atoms with Crippen molar-refractivity contribution >= 4 is 0 Å². The van der Waals surface area contributed by atoms with Gasteiger partial charge in [-0.3, -0.25) is 4.90 Å². The first-order valence-electron chi connectivity index (χ1n) is 5.68. The Bertz CT molecular complexity index is 512. The van der Waals surface area contributed by atoms with Crippen molar-refractivity contribution in [3.63, 3.8) is 0 Å². The van der Waals surface area contributed by atoms with Crippen molar-refractivity contribution in [3.8, 4) is 6.07 Å². The molecule has 0 aliphatic rings. The molecule has 2 aromatic heterocycles. The molecule has 2 heterocycles. The number of nitrogens with zero attached hydrogens (tertiary/aromatic N) is 4. The topological polar surface area (TPSA) is 79.1 Å². The second-order valence-electron chi connectivity index (χ2n) is 3.91. The van der Waals surface area contributed by atoms with Crippen LogP contribution < -0.4 is 0 Å². The summed E-state index contributed by atoms with van der Waals surface area (Å²) in [6.07, 6.45) is 2.09. The Kier molecular flexibility index (Phi) is 4.10. The third-order valence-electron chi connectivity index (χ3n) is 2.43. The van der Waals surface area contributed by atoms with Gasteiger partial charge in [-0.1, -0.05) is 0 Å². The quantitative estimate of drug-likeness (QED) is 0.774. The zero-order chi connectivity index (χ0) is 12.8. The minimum absolute atomic E-state index is 0.452. The molecular weight excluding hydrogens is 232 g/mol. The van der Waals surface area contributed by atoms with E-state index in [0.29, 0.717) is 37.8 Å². The van der Waals surface area contributed by atoms with Crippen molar-refractivity contribution in [3.05, 3.63) is 35.9 Å². The van der Waals surface area contributed by atoms with E-state index in [1.165, 1.54) is 0 Å². The molecule has 0 spiro atoms. The molecule has 0 fully saturated rings. The maximum absolute atomic E-state index is 8.66. The van der Waals surface area contributed by atoms with E-state index in [0.717, 1.165) is 5.76 Å². The van der Waals surface area contributed by atoms with E-state index in [9.17, 15) is 0 Å². The molecule has 0 unspecified atom stereocenters. The Morgan fingerprint density at radius 3 is 2.89 bits per heavy atom. The molecule has 2 aromatic rings. The van der Waals surface area contributed by atoms with Crippen molar-refractivity contribution in [2.45, 2.75) is 26.4 Å². The van der Waals surface area contributed by atoms with Crippen LogP contribution in [0.2, 0.25) is 0 Å². The zero-order valence-electron chi connectivity index (χ0n) is 10.2. The van der Waals surface area contributed by atoms with Crippen LogP contribution in [0.4, 0.5) is 0 Å². The fourth-order valence-electron chi connectivity index (χ4n) is 1.64. The van der Waals surface area contributed by atoms with Gasteiger partial charge in [0, 0.05) is 19.9 Å². The van der Waals surface area contributed by atoms with Gasteiger partial charge in [0.1, 0.15) is 5.76 Å². The average molecular weight is 246 g/mol. The summed E-state index contributed by atoms with van der Waals surface area (Å²) in [5, 5.41) is 16.4. The van der Waals surface area contributed by atoms with Gasteiger partial charge in [-0.25, -0.2) is 0 Å². The molecule has 94 valence electrons. The second kappa shape index (κ2) is 5.98. The van der Waals surface area contributed by atoms with Gasteiger partial charge in [-0.2, -0.15) is 5.26 Å². The van der Waals surface area contributed by atoms with Crippen LogP contribution in [0.1, 0.15) is 24.0 Å². The van der Waals surface area contributed by atoms with Crippen LogP contribution in [-0.4, -0.2) is 21.6 Å². The van der Waals surface area contributed by atoms with Crippen LogP contribution in [0.25, 0.3) is 0 Å². The first-order valence-corrected chi connectivity index (χ1v) is 5.68. The van der Waals surface area contributed by atoms with E-state index in [1.54, 1.807) is 13.2 Å². The van der Waals surface area contributed by atoms with Crippen molar-refractivity contribution < 1.29 is 8.83 Å². The number of nitriles is 1. The van der Waals surface area contributed by atoms with Crippen LogP contribution in [-0.2, 0) is 13.1 Å². The van der Waals surface area contributed by atoms with Crippen LogP contribution in [0.5, 0.6) is 0 Å². The van der Waals surface area contributed by atoms with Crippen molar-refractivity contribution in [2.75, 3.05) is 6.54 Å². The summed E-state index contributed by atoms with van der Waals surface area (Å²) in [6, 6.07) is 5.87. The maximum Gasteiger partial charge on any atom is 0.230 e. The van der Waals surface area contributed by atoms with Gasteiger partial charge in [-0.05, 0) is 12.1 Å². The number of furan rings is 1. The van der Waals surface area contributed by atoms with E-state index in [2.05, 4.69) is 16.3 Å². The van der Waals surface area contributed by atoms with Gasteiger partial charge in [0.05, 0.1) is 25.4 Å². The molecule has 0 N–H and O–H groups in total. The Morgan fingerprint density at radius 1 is 1.39 bits per heavy atom. The lowest BCUT2D eigenvalue weighted by Gasteiger charge is -2.17. The fourth-order valence-corrected chi connectivity index (χ4v) is 1.64. The Morgan fingerprint density at radius 2 is 2.28 bits per heavy atom. The zero-order valence-corrected chi connectivity index (χ0v) is 10.2. The van der Waals surface area contributed by atoms with Crippen LogP contribution in [0, 0.1) is 18.3 Å². The van der Waals surface area contributed by atoms with Gasteiger partial charge >= 0.3 is 0 Å². The molecule has 6 heteroatoms. The molecule has 6 nitrogen and oxygen atoms in total. The van der Waals surface area contributed by atoms with Gasteiger partial charge in [0.15, 0.2) is 0 Å². The van der Waals surface area contributed by atoms with E-state index >= 15 is 0 Å². The third-order valence-corrected chi connectivity index (χ3v) is 2.43. The maximum atomic E-state index is 8.66. The van der Waals surface area contributed by atoms with Crippen LogP contribution in [0.3, 0.4) is 0 Å². The summed E-state index contributed by atoms with van der Waals surface area (Å²) in [5.41, 5.74) is 0. The molecule has 0 aliphatic heterocycles. The summed E-state index contributed by atoms with van der Waals surface area (Å²) >= 11 is 0. The highest BCUT2D eigenvalue weighted by Gasteiger charge is 2.12. The first kappa shape index (κ1) is 12.3. The summed E-state index contributed by atoms with van der Waals surface area (Å²) in [5.74, 6) is 1.95. The van der Waals surface area contributed by atoms with E-state index < -0.39 is 0 Å². The minimum atomic E-state index is 0.452. The lowest BCUT2D eigenvalue weighted by molar-refractivity contribution is 0.217. The molecule has 0 saturated carbocycles. The van der Waals surface area contributed by atoms with Crippen molar-refractivity contribution in [1.82, 2.24) is 15.1 Å². The van der Waals surface area contributed by atoms with Gasteiger partial charge in [0.2, 0.25) is 11.8 Å². The lowest BCUT2D eigenvalue weighted by Crippen LogP contribution is -2.23. The number of hydrogen-bond acceptors (Lipinski definition) is 6. The Hall–Kier alpha value is -2.13. The molecule has 0 bridgehead atoms. The highest BCUT2D eigenvalue weighted by molar-refractivity contribution is 4.98. The third kappa shape index (κ3) is 3.43. The molecule has 18 heavy (non-hydrogen) atoms. The molecule has 0 aromatic carbocycles. The summed E-state index contributed by atoms with van der Waals surface area (Å²) in [6.45, 7) is 3.53.